The van der Waals surface area contributed by atoms with Gasteiger partial charge in [-0.15, -0.1) is 0 Å². The molecule has 5 nitrogen and oxygen atoms in total. The minimum Gasteiger partial charge on any atom is -0.496 e. The number of nitrogens with one attached hydrogen (secondary N) is 1. The zero-order valence-electron chi connectivity index (χ0n) is 12.3. The van der Waals surface area contributed by atoms with E-state index >= 15 is 0 Å². The number of aryl methyl sites for hydroxylation is 1. The smallest absolute Gasteiger partial charge is 0.253 e. The van der Waals surface area contributed by atoms with Gasteiger partial charge in [-0.2, -0.15) is 0 Å². The molecular weight excluding hydrogens is 256 g/mol. The summed E-state index contributed by atoms with van der Waals surface area (Å²) in [4.78, 5) is 14.0. The Morgan fingerprint density at radius 3 is 2.90 bits per heavy atom. The maximum Gasteiger partial charge on any atom is 0.253 e. The summed E-state index contributed by atoms with van der Waals surface area (Å²) >= 11 is 0. The molecule has 0 saturated carbocycles. The van der Waals surface area contributed by atoms with Crippen molar-refractivity contribution in [3.63, 3.8) is 0 Å². The van der Waals surface area contributed by atoms with E-state index in [1.54, 1.807) is 31.2 Å². The summed E-state index contributed by atoms with van der Waals surface area (Å²) in [5.41, 5.74) is 0.744. The predicted molar refractivity (Wildman–Crippen MR) is 77.1 cm³/mol. The molecule has 110 valence electrons. The molecule has 2 N–H and O–H groups in total. The Bertz CT molecular complexity index is 496. The summed E-state index contributed by atoms with van der Waals surface area (Å²) in [5, 5.41) is 13.4. The number of likely N-dealkylation sites (N-methyl/N-ethyl adjacent to an activating group) is 1. The van der Waals surface area contributed by atoms with Crippen molar-refractivity contribution < 1.29 is 14.6 Å². The summed E-state index contributed by atoms with van der Waals surface area (Å²) in [6.07, 6.45) is 0.668. The largest absolute Gasteiger partial charge is 0.496 e. The highest BCUT2D eigenvalue weighted by molar-refractivity contribution is 5.94. The quantitative estimate of drug-likeness (QED) is 0.855. The minimum absolute atomic E-state index is 0.108. The maximum atomic E-state index is 12.4. The molecule has 0 bridgehead atoms. The summed E-state index contributed by atoms with van der Waals surface area (Å²) in [5.74, 6) is 0.592. The second-order valence-corrected chi connectivity index (χ2v) is 5.50. The normalized spacial score (nSPS) is 21.8. The molecule has 20 heavy (non-hydrogen) atoms. The number of amides is 1. The molecule has 0 aromatic heterocycles. The molecule has 1 unspecified atom stereocenters. The van der Waals surface area contributed by atoms with Crippen LogP contribution < -0.4 is 10.1 Å². The van der Waals surface area contributed by atoms with Crippen molar-refractivity contribution in [2.45, 2.75) is 18.9 Å². The second kappa shape index (κ2) is 5.81. The lowest BCUT2D eigenvalue weighted by Gasteiger charge is -2.28. The van der Waals surface area contributed by atoms with Gasteiger partial charge in [-0.3, -0.25) is 4.79 Å². The first-order chi connectivity index (χ1) is 9.45. The van der Waals surface area contributed by atoms with Gasteiger partial charge in [0.1, 0.15) is 5.75 Å². The molecule has 1 aliphatic heterocycles. The highest BCUT2D eigenvalue weighted by atomic mass is 16.5. The number of β-amino-alcohol motifs (C(OH)–C–C–N with tert-alkyl or cyclic N) is 1. The van der Waals surface area contributed by atoms with E-state index in [0.29, 0.717) is 30.8 Å². The number of benzene rings is 1. The van der Waals surface area contributed by atoms with Gasteiger partial charge in [-0.1, -0.05) is 6.07 Å². The molecule has 1 aromatic carbocycles. The third kappa shape index (κ3) is 3.11. The number of hydrogen-bond donors (Lipinski definition) is 2. The molecular formula is C15H22N2O3. The Morgan fingerprint density at radius 2 is 2.30 bits per heavy atom. The maximum absolute atomic E-state index is 12.4. The van der Waals surface area contributed by atoms with E-state index in [1.165, 1.54) is 0 Å². The van der Waals surface area contributed by atoms with Crippen molar-refractivity contribution in [1.29, 1.82) is 0 Å². The van der Waals surface area contributed by atoms with Crippen molar-refractivity contribution in [2.24, 2.45) is 0 Å². The number of aliphatic hydroxyl groups is 1. The molecule has 1 aromatic rings. The van der Waals surface area contributed by atoms with Crippen LogP contribution in [-0.4, -0.2) is 55.3 Å². The van der Waals surface area contributed by atoms with Gasteiger partial charge in [0.05, 0.1) is 19.3 Å². The lowest BCUT2D eigenvalue weighted by molar-refractivity contribution is 0.0252. The van der Waals surface area contributed by atoms with Gasteiger partial charge < -0.3 is 20.1 Å². The zero-order valence-corrected chi connectivity index (χ0v) is 12.3. The zero-order chi connectivity index (χ0) is 14.8. The first-order valence-corrected chi connectivity index (χ1v) is 6.78. The van der Waals surface area contributed by atoms with Gasteiger partial charge in [0.15, 0.2) is 0 Å². The molecule has 0 spiro atoms. The van der Waals surface area contributed by atoms with Crippen molar-refractivity contribution in [1.82, 2.24) is 10.2 Å². The summed E-state index contributed by atoms with van der Waals surface area (Å²) in [6.45, 7) is 3.58. The standard InChI is InChI=1S/C15H22N2O3/c1-11-4-5-12(8-13(11)20-3)14(18)17(2)10-15(19)6-7-16-9-15/h4-5,8,16,19H,6-7,9-10H2,1-3H3. The van der Waals surface area contributed by atoms with Crippen molar-refractivity contribution in [3.8, 4) is 5.75 Å². The minimum atomic E-state index is -0.820. The Labute approximate surface area is 119 Å². The number of ether oxygens (including phenoxy) is 1. The number of carbonyl (C=O) groups excluding carboxylic acids is 1. The van der Waals surface area contributed by atoms with Gasteiger partial charge in [-0.05, 0) is 37.6 Å². The Morgan fingerprint density at radius 1 is 1.55 bits per heavy atom. The second-order valence-electron chi connectivity index (χ2n) is 5.50. The fraction of sp³-hybridized carbons (Fsp3) is 0.533. The van der Waals surface area contributed by atoms with E-state index in [-0.39, 0.29) is 5.91 Å². The lowest BCUT2D eigenvalue weighted by Crippen LogP contribution is -2.45. The molecule has 1 aliphatic rings. The van der Waals surface area contributed by atoms with E-state index in [1.807, 2.05) is 13.0 Å². The Balaban J connectivity index is 2.10. The fourth-order valence-electron chi connectivity index (χ4n) is 2.55. The van der Waals surface area contributed by atoms with E-state index in [4.69, 9.17) is 4.74 Å². The SMILES string of the molecule is COc1cc(C(=O)N(C)CC2(O)CCNC2)ccc1C. The number of hydrogen-bond acceptors (Lipinski definition) is 4. The first-order valence-electron chi connectivity index (χ1n) is 6.78. The van der Waals surface area contributed by atoms with Crippen LogP contribution >= 0.6 is 0 Å². The van der Waals surface area contributed by atoms with Crippen LogP contribution in [-0.2, 0) is 0 Å². The van der Waals surface area contributed by atoms with Crippen molar-refractivity contribution in [3.05, 3.63) is 29.3 Å². The fourth-order valence-corrected chi connectivity index (χ4v) is 2.55. The van der Waals surface area contributed by atoms with Gasteiger partial charge in [-0.25, -0.2) is 0 Å². The molecule has 1 saturated heterocycles. The summed E-state index contributed by atoms with van der Waals surface area (Å²) < 4.78 is 5.24. The van der Waals surface area contributed by atoms with Gasteiger partial charge in [0, 0.05) is 19.2 Å². The topological polar surface area (TPSA) is 61.8 Å². The predicted octanol–water partition coefficient (Wildman–Crippen LogP) is 0.800. The summed E-state index contributed by atoms with van der Waals surface area (Å²) in [7, 11) is 3.30. The van der Waals surface area contributed by atoms with Gasteiger partial charge in [0.2, 0.25) is 0 Å². The highest BCUT2D eigenvalue weighted by Crippen LogP contribution is 2.21. The molecule has 1 atom stereocenters. The number of carbonyl (C=O) groups is 1. The number of nitrogens with zero attached hydrogens (tertiary/aromatic N) is 1. The summed E-state index contributed by atoms with van der Waals surface area (Å²) in [6, 6.07) is 5.39. The van der Waals surface area contributed by atoms with E-state index in [2.05, 4.69) is 5.32 Å². The van der Waals surface area contributed by atoms with Crippen LogP contribution in [0.5, 0.6) is 5.75 Å². The molecule has 2 rings (SSSR count). The van der Waals surface area contributed by atoms with Gasteiger partial charge >= 0.3 is 0 Å². The molecule has 1 heterocycles. The van der Waals surface area contributed by atoms with Crippen LogP contribution in [0.2, 0.25) is 0 Å². The van der Waals surface area contributed by atoms with E-state index < -0.39 is 5.60 Å². The molecule has 0 aliphatic carbocycles. The monoisotopic (exact) mass is 278 g/mol. The van der Waals surface area contributed by atoms with E-state index in [9.17, 15) is 9.90 Å². The van der Waals surface area contributed by atoms with Gasteiger partial charge in [0.25, 0.3) is 5.91 Å². The van der Waals surface area contributed by atoms with Crippen LogP contribution in [0.25, 0.3) is 0 Å². The third-order valence-corrected chi connectivity index (χ3v) is 3.75. The third-order valence-electron chi connectivity index (χ3n) is 3.75. The average molecular weight is 278 g/mol. The Kier molecular flexibility index (Phi) is 4.30. The highest BCUT2D eigenvalue weighted by Gasteiger charge is 2.33. The number of rotatable bonds is 4. The molecule has 1 fully saturated rings. The van der Waals surface area contributed by atoms with Crippen molar-refractivity contribution >= 4 is 5.91 Å². The van der Waals surface area contributed by atoms with Crippen molar-refractivity contribution in [2.75, 3.05) is 33.8 Å². The molecule has 0 radical (unpaired) electrons. The van der Waals surface area contributed by atoms with E-state index in [0.717, 1.165) is 12.1 Å². The lowest BCUT2D eigenvalue weighted by atomic mass is 10.0. The van der Waals surface area contributed by atoms with Crippen LogP contribution in [0.3, 0.4) is 0 Å². The molecule has 5 heteroatoms. The van der Waals surface area contributed by atoms with Crippen LogP contribution in [0.1, 0.15) is 22.3 Å². The number of methoxy groups -OCH3 is 1. The van der Waals surface area contributed by atoms with Crippen LogP contribution in [0.15, 0.2) is 18.2 Å². The van der Waals surface area contributed by atoms with Crippen LogP contribution in [0, 0.1) is 6.92 Å². The first kappa shape index (κ1) is 14.8. The molecule has 1 amide bonds. The van der Waals surface area contributed by atoms with Crippen LogP contribution in [0.4, 0.5) is 0 Å². The Hall–Kier alpha value is -1.59. The average Bonchev–Trinajstić information content (AvgIpc) is 2.85.